The highest BCUT2D eigenvalue weighted by Gasteiger charge is 2.13. The maximum Gasteiger partial charge on any atom is 0.244 e. The number of nitrogens with one attached hydrogen (secondary N) is 1. The first kappa shape index (κ1) is 25.0. The van der Waals surface area contributed by atoms with Gasteiger partial charge in [-0.3, -0.25) is 4.79 Å². The fraction of sp³-hybridized carbons (Fsp3) is 0.222. The monoisotopic (exact) mass is 519 g/mol. The molecule has 174 valence electrons. The molecule has 7 heteroatoms. The molecule has 34 heavy (non-hydrogen) atoms. The largest absolute Gasteiger partial charge is 0.490 e. The highest BCUT2D eigenvalue weighted by Crippen LogP contribution is 2.37. The van der Waals surface area contributed by atoms with E-state index in [-0.39, 0.29) is 18.9 Å². The van der Waals surface area contributed by atoms with Crippen molar-refractivity contribution in [1.82, 2.24) is 5.43 Å². The molecule has 3 aromatic carbocycles. The van der Waals surface area contributed by atoms with Gasteiger partial charge in [-0.2, -0.15) is 10.4 Å². The quantitative estimate of drug-likeness (QED) is 0.294. The van der Waals surface area contributed by atoms with Crippen molar-refractivity contribution in [3.63, 3.8) is 0 Å². The van der Waals surface area contributed by atoms with Crippen molar-refractivity contribution in [3.8, 4) is 17.6 Å². The Morgan fingerprint density at radius 2 is 1.97 bits per heavy atom. The Morgan fingerprint density at radius 1 is 1.15 bits per heavy atom. The van der Waals surface area contributed by atoms with Crippen LogP contribution in [-0.2, 0) is 17.8 Å². The lowest BCUT2D eigenvalue weighted by Gasteiger charge is -2.15. The van der Waals surface area contributed by atoms with Crippen LogP contribution < -0.4 is 14.9 Å². The molecule has 3 rings (SSSR count). The molecule has 6 nitrogen and oxygen atoms in total. The van der Waals surface area contributed by atoms with E-state index in [0.29, 0.717) is 28.1 Å². The van der Waals surface area contributed by atoms with Gasteiger partial charge >= 0.3 is 0 Å². The molecule has 0 aliphatic heterocycles. The summed E-state index contributed by atoms with van der Waals surface area (Å²) in [7, 11) is 0. The summed E-state index contributed by atoms with van der Waals surface area (Å²) < 4.78 is 12.5. The van der Waals surface area contributed by atoms with Crippen molar-refractivity contribution >= 4 is 28.1 Å². The first-order chi connectivity index (χ1) is 16.4. The number of halogens is 1. The normalized spacial score (nSPS) is 10.7. The molecule has 0 aromatic heterocycles. The Balaban J connectivity index is 1.68. The highest BCUT2D eigenvalue weighted by atomic mass is 79.9. The number of amides is 1. The van der Waals surface area contributed by atoms with Crippen LogP contribution in [0.5, 0.6) is 11.5 Å². The number of hydrogen-bond donors (Lipinski definition) is 1. The molecule has 0 bridgehead atoms. The average Bonchev–Trinajstić information content (AvgIpc) is 2.81. The molecule has 1 amide bonds. The summed E-state index contributed by atoms with van der Waals surface area (Å²) in [5.41, 5.74) is 8.00. The predicted octanol–water partition coefficient (Wildman–Crippen LogP) is 5.61. The maximum atomic E-state index is 12.3. The average molecular weight is 520 g/mol. The molecule has 0 spiro atoms. The number of carbonyl (C=O) groups excluding carboxylic acids is 1. The summed E-state index contributed by atoms with van der Waals surface area (Å²) in [5.74, 6) is 0.920. The Labute approximate surface area is 208 Å². The summed E-state index contributed by atoms with van der Waals surface area (Å²) >= 11 is 3.54. The number of nitrogens with zero attached hydrogens (tertiary/aromatic N) is 2. The molecule has 0 heterocycles. The van der Waals surface area contributed by atoms with Crippen molar-refractivity contribution in [2.45, 2.75) is 33.8 Å². The van der Waals surface area contributed by atoms with Crippen LogP contribution in [0.4, 0.5) is 0 Å². The van der Waals surface area contributed by atoms with Gasteiger partial charge in [-0.1, -0.05) is 35.9 Å². The number of rotatable bonds is 9. The van der Waals surface area contributed by atoms with Gasteiger partial charge in [0.05, 0.1) is 35.3 Å². The predicted molar refractivity (Wildman–Crippen MR) is 136 cm³/mol. The molecule has 0 unspecified atom stereocenters. The SMILES string of the molecule is CCOc1cc(/C=N\NC(=O)Cc2ccc(C)cc2C)cc(Br)c1OCc1cccc(C#N)c1. The summed E-state index contributed by atoms with van der Waals surface area (Å²) in [6, 6.07) is 19.0. The minimum Gasteiger partial charge on any atom is -0.490 e. The number of aryl methyl sites for hydroxylation is 2. The van der Waals surface area contributed by atoms with Gasteiger partial charge in [0, 0.05) is 0 Å². The molecular weight excluding hydrogens is 494 g/mol. The van der Waals surface area contributed by atoms with E-state index in [2.05, 4.69) is 38.6 Å². The van der Waals surface area contributed by atoms with Gasteiger partial charge in [0.1, 0.15) is 6.61 Å². The summed E-state index contributed by atoms with van der Waals surface area (Å²) in [6.45, 7) is 6.66. The zero-order valence-corrected chi connectivity index (χ0v) is 21.0. The zero-order chi connectivity index (χ0) is 24.5. The van der Waals surface area contributed by atoms with Crippen LogP contribution in [-0.4, -0.2) is 18.7 Å². The van der Waals surface area contributed by atoms with E-state index < -0.39 is 0 Å². The number of ether oxygens (including phenoxy) is 2. The Bertz CT molecular complexity index is 1250. The molecule has 0 saturated heterocycles. The molecule has 0 saturated carbocycles. The van der Waals surface area contributed by atoms with Gasteiger partial charge in [-0.05, 0) is 83.2 Å². The third-order valence-corrected chi connectivity index (χ3v) is 5.61. The van der Waals surface area contributed by atoms with Crippen LogP contribution in [0.15, 0.2) is 64.2 Å². The van der Waals surface area contributed by atoms with Crippen molar-refractivity contribution in [2.24, 2.45) is 5.10 Å². The summed E-state index contributed by atoms with van der Waals surface area (Å²) in [6.07, 6.45) is 1.82. The number of hydrazone groups is 1. The smallest absolute Gasteiger partial charge is 0.244 e. The van der Waals surface area contributed by atoms with Gasteiger partial charge in [-0.15, -0.1) is 0 Å². The van der Waals surface area contributed by atoms with Crippen LogP contribution in [0.3, 0.4) is 0 Å². The van der Waals surface area contributed by atoms with Gasteiger partial charge in [0.25, 0.3) is 0 Å². The van der Waals surface area contributed by atoms with E-state index in [1.54, 1.807) is 24.4 Å². The molecular formula is C27H26BrN3O3. The Kier molecular flexibility index (Phi) is 8.83. The number of carbonyl (C=O) groups is 1. The first-order valence-electron chi connectivity index (χ1n) is 10.9. The van der Waals surface area contributed by atoms with Crippen molar-refractivity contribution in [1.29, 1.82) is 5.26 Å². The second kappa shape index (κ2) is 12.0. The third-order valence-electron chi connectivity index (χ3n) is 5.02. The summed E-state index contributed by atoms with van der Waals surface area (Å²) in [5, 5.41) is 13.2. The van der Waals surface area contributed by atoms with E-state index in [9.17, 15) is 4.79 Å². The standard InChI is InChI=1S/C27H26BrN3O3/c1-4-33-25-13-22(16-30-31-26(32)14-23-9-8-18(2)10-19(23)3)12-24(28)27(25)34-17-21-7-5-6-20(11-21)15-29/h5-13,16H,4,14,17H2,1-3H3,(H,31,32)/b30-16-. The van der Waals surface area contributed by atoms with Gasteiger partial charge in [0.2, 0.25) is 5.91 Å². The van der Waals surface area contributed by atoms with E-state index in [0.717, 1.165) is 22.3 Å². The fourth-order valence-corrected chi connectivity index (χ4v) is 3.96. The van der Waals surface area contributed by atoms with Crippen molar-refractivity contribution < 1.29 is 14.3 Å². The molecule has 0 aliphatic rings. The lowest BCUT2D eigenvalue weighted by atomic mass is 10.0. The van der Waals surface area contributed by atoms with E-state index in [1.807, 2.05) is 51.1 Å². The van der Waals surface area contributed by atoms with Crippen molar-refractivity contribution in [3.05, 3.63) is 92.5 Å². The maximum absolute atomic E-state index is 12.3. The molecule has 0 aliphatic carbocycles. The van der Waals surface area contributed by atoms with E-state index in [4.69, 9.17) is 14.7 Å². The molecule has 0 fully saturated rings. The van der Waals surface area contributed by atoms with Gasteiger partial charge in [0.15, 0.2) is 11.5 Å². The number of benzene rings is 3. The first-order valence-corrected chi connectivity index (χ1v) is 11.6. The Morgan fingerprint density at radius 3 is 2.71 bits per heavy atom. The minimum atomic E-state index is -0.188. The topological polar surface area (TPSA) is 83.7 Å². The minimum absolute atomic E-state index is 0.188. The van der Waals surface area contributed by atoms with Crippen molar-refractivity contribution in [2.75, 3.05) is 6.61 Å². The van der Waals surface area contributed by atoms with Crippen LogP contribution in [0.1, 0.15) is 40.3 Å². The van der Waals surface area contributed by atoms with E-state index >= 15 is 0 Å². The van der Waals surface area contributed by atoms with Gasteiger partial charge < -0.3 is 9.47 Å². The Hall–Kier alpha value is -3.63. The van der Waals surface area contributed by atoms with Crippen LogP contribution in [0.25, 0.3) is 0 Å². The molecule has 1 N–H and O–H groups in total. The third kappa shape index (κ3) is 6.93. The van der Waals surface area contributed by atoms with E-state index in [1.165, 1.54) is 5.56 Å². The second-order valence-electron chi connectivity index (χ2n) is 7.76. The zero-order valence-electron chi connectivity index (χ0n) is 19.4. The number of hydrogen-bond acceptors (Lipinski definition) is 5. The van der Waals surface area contributed by atoms with Crippen LogP contribution >= 0.6 is 15.9 Å². The van der Waals surface area contributed by atoms with Crippen LogP contribution in [0, 0.1) is 25.2 Å². The highest BCUT2D eigenvalue weighted by molar-refractivity contribution is 9.10. The molecule has 3 aromatic rings. The molecule has 0 radical (unpaired) electrons. The molecule has 0 atom stereocenters. The number of nitriles is 1. The lowest BCUT2D eigenvalue weighted by Crippen LogP contribution is -2.20. The fourth-order valence-electron chi connectivity index (χ4n) is 3.39. The lowest BCUT2D eigenvalue weighted by molar-refractivity contribution is -0.120. The van der Waals surface area contributed by atoms with Gasteiger partial charge in [-0.25, -0.2) is 5.43 Å². The summed E-state index contributed by atoms with van der Waals surface area (Å²) in [4.78, 5) is 12.3. The second-order valence-corrected chi connectivity index (χ2v) is 8.62. The van der Waals surface area contributed by atoms with Crippen LogP contribution in [0.2, 0.25) is 0 Å².